The number of nitrogens with zero attached hydrogens (tertiary/aromatic N) is 2. The molecule has 0 spiro atoms. The number of thiocarbonyl (C=S) groups is 1. The third-order valence-corrected chi connectivity index (χ3v) is 5.67. The number of benzene rings is 2. The molecule has 1 heterocycles. The number of nitrogens with one attached hydrogen (secondary N) is 1. The number of rotatable bonds is 2. The largest absolute Gasteiger partial charge is 0.332 e. The van der Waals surface area contributed by atoms with E-state index in [1.165, 1.54) is 0 Å². The summed E-state index contributed by atoms with van der Waals surface area (Å²) in [7, 11) is 0. The van der Waals surface area contributed by atoms with Gasteiger partial charge in [-0.3, -0.25) is 4.90 Å². The fraction of sp³-hybridized carbons (Fsp3) is 0.176. The van der Waals surface area contributed by atoms with Gasteiger partial charge in [-0.15, -0.1) is 0 Å². The Hall–Kier alpha value is -1.08. The summed E-state index contributed by atoms with van der Waals surface area (Å²) in [5.74, 6) is 0. The average Bonchev–Trinajstić information content (AvgIpc) is 2.90. The number of halogens is 2. The van der Waals surface area contributed by atoms with Gasteiger partial charge in [0.05, 0.1) is 5.69 Å². The first-order valence-electron chi connectivity index (χ1n) is 7.37. The lowest BCUT2D eigenvalue weighted by molar-refractivity contribution is 0.641. The number of hydrogen-bond acceptors (Lipinski definition) is 3. The molecule has 2 aromatic carbocycles. The van der Waals surface area contributed by atoms with E-state index in [4.69, 9.17) is 28.8 Å². The predicted molar refractivity (Wildman–Crippen MR) is 113 cm³/mol. The molecule has 1 aliphatic heterocycles. The topological polar surface area (TPSA) is 27.6 Å². The molecular formula is C17H15BrClN3S2. The second-order valence-electron chi connectivity index (χ2n) is 5.33. The maximum Gasteiger partial charge on any atom is 0.179 e. The van der Waals surface area contributed by atoms with E-state index in [9.17, 15) is 0 Å². The first kappa shape index (κ1) is 17.7. The Kier molecular flexibility index (Phi) is 5.81. The predicted octanol–water partition coefficient (Wildman–Crippen LogP) is 5.92. The summed E-state index contributed by atoms with van der Waals surface area (Å²) in [5.41, 5.74) is 1.77. The quantitative estimate of drug-likeness (QED) is 0.586. The zero-order valence-corrected chi connectivity index (χ0v) is 16.8. The monoisotopic (exact) mass is 439 g/mol. The van der Waals surface area contributed by atoms with Gasteiger partial charge in [0.2, 0.25) is 0 Å². The molecule has 124 valence electrons. The van der Waals surface area contributed by atoms with Gasteiger partial charge >= 0.3 is 0 Å². The van der Waals surface area contributed by atoms with Crippen molar-refractivity contribution in [2.45, 2.75) is 12.2 Å². The molecular weight excluding hydrogens is 426 g/mol. The van der Waals surface area contributed by atoms with Gasteiger partial charge in [0.25, 0.3) is 0 Å². The lowest BCUT2D eigenvalue weighted by atomic mass is 10.3. The van der Waals surface area contributed by atoms with Crippen LogP contribution in [0.4, 0.5) is 11.4 Å². The SMILES string of the molecule is CC1CN(C(=S)Nc2cccc(Cl)c2)/C(=N\c2ccccc2Br)S1. The molecule has 3 nitrogen and oxygen atoms in total. The summed E-state index contributed by atoms with van der Waals surface area (Å²) in [4.78, 5) is 6.81. The Morgan fingerprint density at radius 2 is 2.12 bits per heavy atom. The molecule has 1 N–H and O–H groups in total. The lowest BCUT2D eigenvalue weighted by Gasteiger charge is -2.20. The van der Waals surface area contributed by atoms with Crippen LogP contribution in [0.15, 0.2) is 58.0 Å². The zero-order valence-electron chi connectivity index (χ0n) is 12.9. The molecule has 0 aromatic heterocycles. The molecule has 0 saturated carbocycles. The summed E-state index contributed by atoms with van der Waals surface area (Å²) < 4.78 is 0.964. The normalized spacial score (nSPS) is 18.9. The van der Waals surface area contributed by atoms with Crippen LogP contribution in [-0.2, 0) is 0 Å². The highest BCUT2D eigenvalue weighted by atomic mass is 79.9. The number of hydrogen-bond donors (Lipinski definition) is 1. The molecule has 0 bridgehead atoms. The van der Waals surface area contributed by atoms with Gasteiger partial charge in [-0.25, -0.2) is 4.99 Å². The Balaban J connectivity index is 1.82. The molecule has 0 aliphatic carbocycles. The van der Waals surface area contributed by atoms with Crippen molar-refractivity contribution in [1.82, 2.24) is 4.90 Å². The standard InChI is InChI=1S/C17H15BrClN3S2/c1-11-10-22(16(23)20-13-6-4-5-12(19)9-13)17(24-11)21-15-8-3-2-7-14(15)18/h2-9,11H,10H2,1H3,(H,20,23)/b21-17+. The number of amidine groups is 1. The Bertz CT molecular complexity index is 797. The molecule has 1 atom stereocenters. The van der Waals surface area contributed by atoms with Crippen molar-refractivity contribution in [1.29, 1.82) is 0 Å². The van der Waals surface area contributed by atoms with Crippen molar-refractivity contribution < 1.29 is 0 Å². The van der Waals surface area contributed by atoms with E-state index in [1.807, 2.05) is 53.4 Å². The van der Waals surface area contributed by atoms with Crippen LogP contribution in [-0.4, -0.2) is 27.0 Å². The van der Waals surface area contributed by atoms with Crippen LogP contribution in [0, 0.1) is 0 Å². The Morgan fingerprint density at radius 3 is 2.88 bits per heavy atom. The maximum atomic E-state index is 6.03. The van der Waals surface area contributed by atoms with Crippen LogP contribution in [0.3, 0.4) is 0 Å². The Labute approximate surface area is 164 Å². The van der Waals surface area contributed by atoms with Crippen molar-refractivity contribution in [3.05, 3.63) is 58.0 Å². The number of aliphatic imine (C=N–C) groups is 1. The van der Waals surface area contributed by atoms with Crippen LogP contribution in [0.1, 0.15) is 6.92 Å². The minimum Gasteiger partial charge on any atom is -0.332 e. The van der Waals surface area contributed by atoms with E-state index >= 15 is 0 Å². The van der Waals surface area contributed by atoms with Crippen LogP contribution in [0.5, 0.6) is 0 Å². The molecule has 7 heteroatoms. The fourth-order valence-corrected chi connectivity index (χ4v) is 4.20. The van der Waals surface area contributed by atoms with Gasteiger partial charge in [0.1, 0.15) is 0 Å². The molecule has 0 radical (unpaired) electrons. The molecule has 1 unspecified atom stereocenters. The van der Waals surface area contributed by atoms with Crippen molar-refractivity contribution >= 4 is 73.2 Å². The maximum absolute atomic E-state index is 6.03. The van der Waals surface area contributed by atoms with Crippen molar-refractivity contribution in [2.24, 2.45) is 4.99 Å². The van der Waals surface area contributed by atoms with E-state index in [-0.39, 0.29) is 0 Å². The molecule has 1 saturated heterocycles. The highest BCUT2D eigenvalue weighted by Gasteiger charge is 2.29. The van der Waals surface area contributed by atoms with Crippen LogP contribution in [0.25, 0.3) is 0 Å². The molecule has 3 rings (SSSR count). The third kappa shape index (κ3) is 4.30. The minimum atomic E-state index is 0.422. The first-order valence-corrected chi connectivity index (χ1v) is 9.83. The summed E-state index contributed by atoms with van der Waals surface area (Å²) in [6, 6.07) is 15.4. The van der Waals surface area contributed by atoms with Crippen LogP contribution < -0.4 is 5.32 Å². The number of para-hydroxylation sites is 1. The van der Waals surface area contributed by atoms with Gasteiger partial charge in [0, 0.05) is 27.0 Å². The highest BCUT2D eigenvalue weighted by molar-refractivity contribution is 9.10. The number of anilines is 1. The summed E-state index contributed by atoms with van der Waals surface area (Å²) >= 11 is 16.9. The lowest BCUT2D eigenvalue weighted by Crippen LogP contribution is -2.36. The van der Waals surface area contributed by atoms with Crippen molar-refractivity contribution in [2.75, 3.05) is 11.9 Å². The molecule has 1 fully saturated rings. The van der Waals surface area contributed by atoms with Gasteiger partial charge in [-0.05, 0) is 58.5 Å². The third-order valence-electron chi connectivity index (χ3n) is 3.37. The van der Waals surface area contributed by atoms with E-state index in [2.05, 4.69) is 28.2 Å². The van der Waals surface area contributed by atoms with Gasteiger partial charge in [0.15, 0.2) is 10.3 Å². The van der Waals surface area contributed by atoms with E-state index < -0.39 is 0 Å². The van der Waals surface area contributed by atoms with Crippen LogP contribution >= 0.6 is 51.5 Å². The van der Waals surface area contributed by atoms with E-state index in [1.54, 1.807) is 11.8 Å². The van der Waals surface area contributed by atoms with Gasteiger partial charge in [-0.2, -0.15) is 0 Å². The number of thioether (sulfide) groups is 1. The second-order valence-corrected chi connectivity index (χ2v) is 8.41. The average molecular weight is 441 g/mol. The van der Waals surface area contributed by atoms with Gasteiger partial charge in [-0.1, -0.05) is 48.5 Å². The Morgan fingerprint density at radius 1 is 1.33 bits per heavy atom. The summed E-state index contributed by atoms with van der Waals surface area (Å²) in [6.45, 7) is 2.99. The van der Waals surface area contributed by atoms with Crippen molar-refractivity contribution in [3.8, 4) is 0 Å². The van der Waals surface area contributed by atoms with E-state index in [0.717, 1.165) is 27.6 Å². The summed E-state index contributed by atoms with van der Waals surface area (Å²) in [6.07, 6.45) is 0. The van der Waals surface area contributed by atoms with Gasteiger partial charge < -0.3 is 5.32 Å². The highest BCUT2D eigenvalue weighted by Crippen LogP contribution is 2.32. The molecule has 24 heavy (non-hydrogen) atoms. The zero-order chi connectivity index (χ0) is 17.1. The van der Waals surface area contributed by atoms with Crippen LogP contribution in [0.2, 0.25) is 5.02 Å². The van der Waals surface area contributed by atoms with Crippen molar-refractivity contribution in [3.63, 3.8) is 0 Å². The van der Waals surface area contributed by atoms with E-state index in [0.29, 0.717) is 15.4 Å². The first-order chi connectivity index (χ1) is 11.5. The smallest absolute Gasteiger partial charge is 0.179 e. The summed E-state index contributed by atoms with van der Waals surface area (Å²) in [5, 5.41) is 5.86. The second kappa shape index (κ2) is 7.87. The minimum absolute atomic E-state index is 0.422. The molecule has 0 amide bonds. The molecule has 2 aromatic rings. The fourth-order valence-electron chi connectivity index (χ4n) is 2.28. The molecule has 1 aliphatic rings.